The van der Waals surface area contributed by atoms with E-state index in [1.54, 1.807) is 6.07 Å². The summed E-state index contributed by atoms with van der Waals surface area (Å²) in [5.41, 5.74) is 1.71. The molecule has 0 fully saturated rings. The fraction of sp³-hybridized carbons (Fsp3) is 0.222. The molecule has 0 saturated heterocycles. The zero-order chi connectivity index (χ0) is 11.1. The molecule has 1 N–H and O–H groups in total. The number of anilines is 1. The molecule has 15 heavy (non-hydrogen) atoms. The number of nitrogens with one attached hydrogen (secondary N) is 1. The predicted octanol–water partition coefficient (Wildman–Crippen LogP) is 1.39. The summed E-state index contributed by atoms with van der Waals surface area (Å²) in [6, 6.07) is 2.98. The average Bonchev–Trinajstić information content (AvgIpc) is 2.61. The molecule has 0 spiro atoms. The molecule has 0 bridgehead atoms. The van der Waals surface area contributed by atoms with Crippen LogP contribution >= 0.6 is 10.7 Å². The van der Waals surface area contributed by atoms with Crippen molar-refractivity contribution in [2.24, 2.45) is 0 Å². The monoisotopic (exact) mass is 245 g/mol. The first-order valence-electron chi connectivity index (χ1n) is 4.33. The maximum Gasteiger partial charge on any atom is 0.262 e. The van der Waals surface area contributed by atoms with Crippen LogP contribution in [0.15, 0.2) is 17.0 Å². The molecule has 0 unspecified atom stereocenters. The molecule has 6 heteroatoms. The summed E-state index contributed by atoms with van der Waals surface area (Å²) in [7, 11) is 1.38. The number of halogens is 1. The molecule has 0 atom stereocenters. The van der Waals surface area contributed by atoms with Crippen LogP contribution in [0.2, 0.25) is 0 Å². The third kappa shape index (κ3) is 1.72. The van der Waals surface area contributed by atoms with Crippen LogP contribution in [0.4, 0.5) is 5.69 Å². The maximum atomic E-state index is 11.2. The fourth-order valence-electron chi connectivity index (χ4n) is 1.74. The zero-order valence-corrected chi connectivity index (χ0v) is 9.23. The summed E-state index contributed by atoms with van der Waals surface area (Å²) in [6.45, 7) is 0.710. The first-order chi connectivity index (χ1) is 7.04. The quantitative estimate of drug-likeness (QED) is 0.632. The van der Waals surface area contributed by atoms with Crippen LogP contribution in [0.3, 0.4) is 0 Å². The average molecular weight is 246 g/mol. The van der Waals surface area contributed by atoms with Gasteiger partial charge in [-0.25, -0.2) is 8.42 Å². The topological polar surface area (TPSA) is 63.2 Å². The number of aldehydes is 1. The Morgan fingerprint density at radius 3 is 2.73 bits per heavy atom. The fourth-order valence-corrected chi connectivity index (χ4v) is 2.81. The van der Waals surface area contributed by atoms with Crippen molar-refractivity contribution in [2.75, 3.05) is 11.9 Å². The van der Waals surface area contributed by atoms with Gasteiger partial charge in [0.1, 0.15) is 0 Å². The molecular formula is C9H8ClNO3S. The van der Waals surface area contributed by atoms with E-state index in [0.29, 0.717) is 19.3 Å². The Morgan fingerprint density at radius 2 is 2.13 bits per heavy atom. The highest BCUT2D eigenvalue weighted by atomic mass is 35.7. The molecule has 1 aromatic rings. The van der Waals surface area contributed by atoms with Gasteiger partial charge in [0.15, 0.2) is 6.29 Å². The summed E-state index contributed by atoms with van der Waals surface area (Å²) < 4.78 is 22.4. The van der Waals surface area contributed by atoms with Crippen LogP contribution < -0.4 is 5.32 Å². The van der Waals surface area contributed by atoms with E-state index >= 15 is 0 Å². The lowest BCUT2D eigenvalue weighted by atomic mass is 10.1. The lowest BCUT2D eigenvalue weighted by molar-refractivity contribution is 0.112. The normalized spacial score (nSPS) is 14.5. The molecule has 1 heterocycles. The summed E-state index contributed by atoms with van der Waals surface area (Å²) >= 11 is 0. The molecule has 80 valence electrons. The molecule has 0 amide bonds. The van der Waals surface area contributed by atoms with Crippen molar-refractivity contribution in [3.8, 4) is 0 Å². The van der Waals surface area contributed by atoms with E-state index in [1.807, 2.05) is 0 Å². The second-order valence-electron chi connectivity index (χ2n) is 3.24. The highest BCUT2D eigenvalue weighted by Gasteiger charge is 2.22. The SMILES string of the molecule is O=Cc1c(S(=O)(=O)Cl)ccc2c1CCN2. The Hall–Kier alpha value is -1.07. The molecule has 1 aliphatic heterocycles. The molecule has 0 aliphatic carbocycles. The Morgan fingerprint density at radius 1 is 1.40 bits per heavy atom. The molecular weight excluding hydrogens is 238 g/mol. The van der Waals surface area contributed by atoms with E-state index in [2.05, 4.69) is 5.32 Å². The van der Waals surface area contributed by atoms with E-state index < -0.39 is 9.05 Å². The van der Waals surface area contributed by atoms with Gasteiger partial charge in [-0.15, -0.1) is 0 Å². The van der Waals surface area contributed by atoms with Crippen molar-refractivity contribution >= 4 is 31.7 Å². The highest BCUT2D eigenvalue weighted by Crippen LogP contribution is 2.30. The summed E-state index contributed by atoms with van der Waals surface area (Å²) in [5, 5.41) is 3.06. The van der Waals surface area contributed by atoms with E-state index in [1.165, 1.54) is 6.07 Å². The van der Waals surface area contributed by atoms with Crippen molar-refractivity contribution in [3.05, 3.63) is 23.3 Å². The number of benzene rings is 1. The first kappa shape index (κ1) is 10.4. The number of hydrogen-bond donors (Lipinski definition) is 1. The molecule has 0 aromatic heterocycles. The largest absolute Gasteiger partial charge is 0.384 e. The minimum atomic E-state index is -3.85. The minimum absolute atomic E-state index is 0.110. The number of carbonyl (C=O) groups is 1. The Balaban J connectivity index is 2.74. The third-order valence-electron chi connectivity index (χ3n) is 2.39. The van der Waals surface area contributed by atoms with Crippen molar-refractivity contribution in [3.63, 3.8) is 0 Å². The Kier molecular flexibility index (Phi) is 2.44. The Labute approximate surface area is 91.7 Å². The van der Waals surface area contributed by atoms with Crippen molar-refractivity contribution in [1.82, 2.24) is 0 Å². The van der Waals surface area contributed by atoms with Crippen molar-refractivity contribution in [1.29, 1.82) is 0 Å². The molecule has 0 radical (unpaired) electrons. The molecule has 2 rings (SSSR count). The standard InChI is InChI=1S/C9H8ClNO3S/c10-15(13,14)9-2-1-8-6(3-4-11-8)7(9)5-12/h1-2,5,11H,3-4H2. The molecule has 4 nitrogen and oxygen atoms in total. The molecule has 0 saturated carbocycles. The number of hydrogen-bond acceptors (Lipinski definition) is 4. The van der Waals surface area contributed by atoms with Crippen molar-refractivity contribution in [2.45, 2.75) is 11.3 Å². The van der Waals surface area contributed by atoms with E-state index in [-0.39, 0.29) is 10.5 Å². The van der Waals surface area contributed by atoms with E-state index in [9.17, 15) is 13.2 Å². The lowest BCUT2D eigenvalue weighted by Crippen LogP contribution is -2.00. The number of carbonyl (C=O) groups excluding carboxylic acids is 1. The number of rotatable bonds is 2. The van der Waals surface area contributed by atoms with E-state index in [4.69, 9.17) is 10.7 Å². The summed E-state index contributed by atoms with van der Waals surface area (Å²) in [4.78, 5) is 10.8. The van der Waals surface area contributed by atoms with Gasteiger partial charge in [0.25, 0.3) is 9.05 Å². The van der Waals surface area contributed by atoms with Gasteiger partial charge in [0.05, 0.1) is 4.90 Å². The van der Waals surface area contributed by atoms with Crippen molar-refractivity contribution < 1.29 is 13.2 Å². The predicted molar refractivity (Wildman–Crippen MR) is 57.1 cm³/mol. The van der Waals surface area contributed by atoms with Crippen LogP contribution in [-0.4, -0.2) is 21.2 Å². The van der Waals surface area contributed by atoms with Crippen LogP contribution in [0.1, 0.15) is 15.9 Å². The third-order valence-corrected chi connectivity index (χ3v) is 3.77. The van der Waals surface area contributed by atoms with Crippen LogP contribution in [-0.2, 0) is 15.5 Å². The maximum absolute atomic E-state index is 11.2. The van der Waals surface area contributed by atoms with Gasteiger partial charge < -0.3 is 5.32 Å². The second kappa shape index (κ2) is 3.50. The lowest BCUT2D eigenvalue weighted by Gasteiger charge is -2.06. The first-order valence-corrected chi connectivity index (χ1v) is 6.64. The number of fused-ring (bicyclic) bond motifs is 1. The van der Waals surface area contributed by atoms with Gasteiger partial charge in [-0.05, 0) is 24.1 Å². The van der Waals surface area contributed by atoms with Crippen LogP contribution in [0.25, 0.3) is 0 Å². The summed E-state index contributed by atoms with van der Waals surface area (Å²) in [6.07, 6.45) is 1.19. The van der Waals surface area contributed by atoms with Gasteiger partial charge in [-0.3, -0.25) is 4.79 Å². The van der Waals surface area contributed by atoms with Gasteiger partial charge in [-0.1, -0.05) is 0 Å². The second-order valence-corrected chi connectivity index (χ2v) is 5.77. The summed E-state index contributed by atoms with van der Waals surface area (Å²) in [5.74, 6) is 0. The smallest absolute Gasteiger partial charge is 0.262 e. The highest BCUT2D eigenvalue weighted by molar-refractivity contribution is 8.13. The molecule has 1 aliphatic rings. The molecule has 1 aromatic carbocycles. The van der Waals surface area contributed by atoms with E-state index in [0.717, 1.165) is 11.3 Å². The van der Waals surface area contributed by atoms with Crippen LogP contribution in [0.5, 0.6) is 0 Å². The van der Waals surface area contributed by atoms with Gasteiger partial charge in [0.2, 0.25) is 0 Å². The Bertz CT molecular complexity index is 524. The minimum Gasteiger partial charge on any atom is -0.384 e. The van der Waals surface area contributed by atoms with Gasteiger partial charge >= 0.3 is 0 Å². The van der Waals surface area contributed by atoms with Crippen LogP contribution in [0, 0.1) is 0 Å². The zero-order valence-electron chi connectivity index (χ0n) is 7.66. The van der Waals surface area contributed by atoms with Gasteiger partial charge in [-0.2, -0.15) is 0 Å². The van der Waals surface area contributed by atoms with Gasteiger partial charge in [0, 0.05) is 28.5 Å².